The summed E-state index contributed by atoms with van der Waals surface area (Å²) in [5, 5.41) is 15.0. The van der Waals surface area contributed by atoms with Crippen LogP contribution in [-0.4, -0.2) is 28.8 Å². The summed E-state index contributed by atoms with van der Waals surface area (Å²) in [7, 11) is 0. The Labute approximate surface area is 120 Å². The molecule has 0 bridgehead atoms. The number of amides is 2. The first-order valence-electron chi connectivity index (χ1n) is 6.91. The first-order chi connectivity index (χ1) is 9.28. The lowest BCUT2D eigenvalue weighted by molar-refractivity contribution is 0.129. The van der Waals surface area contributed by atoms with Gasteiger partial charge in [0.25, 0.3) is 0 Å². The number of urea groups is 1. The third-order valence-electron chi connectivity index (χ3n) is 2.95. The van der Waals surface area contributed by atoms with E-state index in [0.717, 1.165) is 11.4 Å². The molecule has 1 aromatic rings. The Morgan fingerprint density at radius 3 is 2.70 bits per heavy atom. The van der Waals surface area contributed by atoms with Crippen LogP contribution >= 0.6 is 0 Å². The van der Waals surface area contributed by atoms with E-state index in [1.807, 2.05) is 39.0 Å². The van der Waals surface area contributed by atoms with Crippen LogP contribution in [0.4, 0.5) is 4.79 Å². The summed E-state index contributed by atoms with van der Waals surface area (Å²) >= 11 is 0. The number of aliphatic hydroxyl groups excluding tert-OH is 1. The summed E-state index contributed by atoms with van der Waals surface area (Å²) in [6, 6.07) is 5.50. The summed E-state index contributed by atoms with van der Waals surface area (Å²) in [5.74, 6) is 0. The largest absolute Gasteiger partial charge is 0.393 e. The van der Waals surface area contributed by atoms with Crippen LogP contribution in [-0.2, 0) is 6.54 Å². The van der Waals surface area contributed by atoms with Crippen LogP contribution in [0.5, 0.6) is 0 Å². The lowest BCUT2D eigenvalue weighted by Gasteiger charge is -2.26. The van der Waals surface area contributed by atoms with Crippen molar-refractivity contribution in [3.63, 3.8) is 0 Å². The summed E-state index contributed by atoms with van der Waals surface area (Å²) in [4.78, 5) is 16.0. The molecular formula is C15H25N3O2. The standard InChI is InChI=1S/C15H25N3O2/c1-11-6-5-7-13(18-11)9-16-14(20)17-10-15(3,4)8-12(2)19/h5-7,12,19H,8-10H2,1-4H3,(H2,16,17,20). The molecule has 3 N–H and O–H groups in total. The Hall–Kier alpha value is -1.62. The van der Waals surface area contributed by atoms with Gasteiger partial charge in [0.15, 0.2) is 0 Å². The van der Waals surface area contributed by atoms with Crippen molar-refractivity contribution in [3.8, 4) is 0 Å². The molecule has 0 aliphatic carbocycles. The van der Waals surface area contributed by atoms with Gasteiger partial charge in [0, 0.05) is 12.2 Å². The van der Waals surface area contributed by atoms with Gasteiger partial charge in [-0.2, -0.15) is 0 Å². The fourth-order valence-corrected chi connectivity index (χ4v) is 2.12. The first kappa shape index (κ1) is 16.4. The SMILES string of the molecule is Cc1cccc(CNC(=O)NCC(C)(C)CC(C)O)n1. The van der Waals surface area contributed by atoms with Crippen LogP contribution in [0.1, 0.15) is 38.6 Å². The van der Waals surface area contributed by atoms with Crippen molar-refractivity contribution >= 4 is 6.03 Å². The second-order valence-corrected chi connectivity index (χ2v) is 6.02. The van der Waals surface area contributed by atoms with Crippen molar-refractivity contribution in [2.75, 3.05) is 6.54 Å². The Morgan fingerprint density at radius 1 is 1.40 bits per heavy atom. The predicted molar refractivity (Wildman–Crippen MR) is 79.3 cm³/mol. The first-order valence-corrected chi connectivity index (χ1v) is 6.91. The van der Waals surface area contributed by atoms with Crippen molar-refractivity contribution in [1.29, 1.82) is 0 Å². The molecule has 2 amide bonds. The highest BCUT2D eigenvalue weighted by Crippen LogP contribution is 2.20. The zero-order valence-corrected chi connectivity index (χ0v) is 12.7. The lowest BCUT2D eigenvalue weighted by atomic mass is 9.87. The fourth-order valence-electron chi connectivity index (χ4n) is 2.12. The lowest BCUT2D eigenvalue weighted by Crippen LogP contribution is -2.41. The summed E-state index contributed by atoms with van der Waals surface area (Å²) in [5.41, 5.74) is 1.64. The molecule has 1 heterocycles. The highest BCUT2D eigenvalue weighted by molar-refractivity contribution is 5.73. The minimum Gasteiger partial charge on any atom is -0.393 e. The van der Waals surface area contributed by atoms with E-state index >= 15 is 0 Å². The quantitative estimate of drug-likeness (QED) is 0.745. The molecule has 0 radical (unpaired) electrons. The number of nitrogens with one attached hydrogen (secondary N) is 2. The molecule has 5 nitrogen and oxygen atoms in total. The maximum Gasteiger partial charge on any atom is 0.315 e. The Morgan fingerprint density at radius 2 is 2.10 bits per heavy atom. The molecule has 20 heavy (non-hydrogen) atoms. The molecule has 5 heteroatoms. The van der Waals surface area contributed by atoms with E-state index in [1.54, 1.807) is 6.92 Å². The molecular weight excluding hydrogens is 254 g/mol. The number of carbonyl (C=O) groups is 1. The second kappa shape index (κ2) is 7.24. The van der Waals surface area contributed by atoms with Crippen LogP contribution in [0.15, 0.2) is 18.2 Å². The number of hydrogen-bond acceptors (Lipinski definition) is 3. The van der Waals surface area contributed by atoms with Gasteiger partial charge in [-0.15, -0.1) is 0 Å². The van der Waals surface area contributed by atoms with E-state index in [2.05, 4.69) is 15.6 Å². The number of hydrogen-bond donors (Lipinski definition) is 3. The Bertz CT molecular complexity index is 444. The third kappa shape index (κ3) is 6.52. The van der Waals surface area contributed by atoms with Gasteiger partial charge in [-0.25, -0.2) is 4.79 Å². The van der Waals surface area contributed by atoms with Gasteiger partial charge < -0.3 is 15.7 Å². The topological polar surface area (TPSA) is 74.2 Å². The number of pyridine rings is 1. The smallest absolute Gasteiger partial charge is 0.315 e. The minimum absolute atomic E-state index is 0.132. The maximum atomic E-state index is 11.7. The normalized spacial score (nSPS) is 12.8. The van der Waals surface area contributed by atoms with Crippen LogP contribution < -0.4 is 10.6 Å². The molecule has 0 spiro atoms. The van der Waals surface area contributed by atoms with Gasteiger partial charge in [0.2, 0.25) is 0 Å². The van der Waals surface area contributed by atoms with Crippen LogP contribution in [0.25, 0.3) is 0 Å². The van der Waals surface area contributed by atoms with Gasteiger partial charge in [0.05, 0.1) is 18.3 Å². The highest BCUT2D eigenvalue weighted by Gasteiger charge is 2.20. The van der Waals surface area contributed by atoms with Crippen LogP contribution in [0.2, 0.25) is 0 Å². The average Bonchev–Trinajstić information content (AvgIpc) is 2.32. The predicted octanol–water partition coefficient (Wildman–Crippen LogP) is 1.99. The van der Waals surface area contributed by atoms with Gasteiger partial charge in [-0.3, -0.25) is 4.98 Å². The highest BCUT2D eigenvalue weighted by atomic mass is 16.3. The maximum absolute atomic E-state index is 11.7. The van der Waals surface area contributed by atoms with E-state index in [4.69, 9.17) is 0 Å². The minimum atomic E-state index is -0.369. The number of rotatable bonds is 6. The van der Waals surface area contributed by atoms with Gasteiger partial charge in [0.1, 0.15) is 0 Å². The molecule has 0 aliphatic heterocycles. The zero-order chi connectivity index (χ0) is 15.2. The van der Waals surface area contributed by atoms with Crippen LogP contribution in [0.3, 0.4) is 0 Å². The molecule has 0 aliphatic rings. The van der Waals surface area contributed by atoms with Gasteiger partial charge in [-0.05, 0) is 37.8 Å². The van der Waals surface area contributed by atoms with Gasteiger partial charge in [-0.1, -0.05) is 19.9 Å². The van der Waals surface area contributed by atoms with E-state index in [9.17, 15) is 9.90 Å². The van der Waals surface area contributed by atoms with E-state index < -0.39 is 0 Å². The van der Waals surface area contributed by atoms with E-state index in [0.29, 0.717) is 19.5 Å². The summed E-state index contributed by atoms with van der Waals surface area (Å²) in [6.07, 6.45) is 0.276. The summed E-state index contributed by atoms with van der Waals surface area (Å²) < 4.78 is 0. The molecule has 112 valence electrons. The Balaban J connectivity index is 2.34. The molecule has 0 fully saturated rings. The van der Waals surface area contributed by atoms with E-state index in [1.165, 1.54) is 0 Å². The average molecular weight is 279 g/mol. The van der Waals surface area contributed by atoms with E-state index in [-0.39, 0.29) is 17.6 Å². The fraction of sp³-hybridized carbons (Fsp3) is 0.600. The molecule has 1 aromatic heterocycles. The molecule has 0 aromatic carbocycles. The van der Waals surface area contributed by atoms with Crippen molar-refractivity contribution in [1.82, 2.24) is 15.6 Å². The number of aryl methyl sites for hydroxylation is 1. The van der Waals surface area contributed by atoms with Crippen molar-refractivity contribution < 1.29 is 9.90 Å². The van der Waals surface area contributed by atoms with Crippen LogP contribution in [0, 0.1) is 12.3 Å². The van der Waals surface area contributed by atoms with Crippen molar-refractivity contribution in [2.45, 2.75) is 46.8 Å². The number of aromatic nitrogens is 1. The molecule has 1 atom stereocenters. The van der Waals surface area contributed by atoms with Crippen molar-refractivity contribution in [3.05, 3.63) is 29.6 Å². The number of aliphatic hydroxyl groups is 1. The molecule has 1 unspecified atom stereocenters. The molecule has 1 rings (SSSR count). The summed E-state index contributed by atoms with van der Waals surface area (Å²) in [6.45, 7) is 8.63. The Kier molecular flexibility index (Phi) is 5.95. The van der Waals surface area contributed by atoms with Crippen molar-refractivity contribution in [2.24, 2.45) is 5.41 Å². The molecule has 0 saturated carbocycles. The number of carbonyl (C=O) groups excluding carboxylic acids is 1. The zero-order valence-electron chi connectivity index (χ0n) is 12.7. The monoisotopic (exact) mass is 279 g/mol. The van der Waals surface area contributed by atoms with Gasteiger partial charge >= 0.3 is 6.03 Å². The second-order valence-electron chi connectivity index (χ2n) is 6.02. The molecule has 0 saturated heterocycles. The third-order valence-corrected chi connectivity index (χ3v) is 2.95. The number of nitrogens with zero attached hydrogens (tertiary/aromatic N) is 1.